The van der Waals surface area contributed by atoms with Crippen molar-refractivity contribution in [2.24, 2.45) is 0 Å². The van der Waals surface area contributed by atoms with Crippen molar-refractivity contribution < 1.29 is 22.7 Å². The van der Waals surface area contributed by atoms with Crippen molar-refractivity contribution in [1.82, 2.24) is 4.98 Å². The highest BCUT2D eigenvalue weighted by Crippen LogP contribution is 2.23. The van der Waals surface area contributed by atoms with Crippen molar-refractivity contribution >= 4 is 44.1 Å². The van der Waals surface area contributed by atoms with Crippen LogP contribution < -0.4 is 9.21 Å². The summed E-state index contributed by atoms with van der Waals surface area (Å²) < 4.78 is 30.5. The van der Waals surface area contributed by atoms with E-state index in [0.29, 0.717) is 23.1 Å². The fourth-order valence-corrected chi connectivity index (χ4v) is 4.34. The number of anilines is 2. The first-order valence-electron chi connectivity index (χ1n) is 8.55. The summed E-state index contributed by atoms with van der Waals surface area (Å²) in [5, 5.41) is 2.22. The highest BCUT2D eigenvalue weighted by atomic mass is 32.2. The molecular weight excluding hydrogens is 402 g/mol. The number of esters is 1. The lowest BCUT2D eigenvalue weighted by Gasteiger charge is -2.23. The fourth-order valence-electron chi connectivity index (χ4n) is 2.52. The molecular formula is C18H23N3O5S2. The summed E-state index contributed by atoms with van der Waals surface area (Å²) in [6.07, 6.45) is 1.04. The molecule has 0 spiro atoms. The molecule has 2 aromatic rings. The number of benzene rings is 1. The Morgan fingerprint density at radius 2 is 1.93 bits per heavy atom. The first kappa shape index (κ1) is 21.8. The summed E-state index contributed by atoms with van der Waals surface area (Å²) >= 11 is 1.28. The molecule has 2 rings (SSSR count). The van der Waals surface area contributed by atoms with Gasteiger partial charge in [-0.3, -0.25) is 18.8 Å². The molecule has 0 bridgehead atoms. The molecule has 1 heterocycles. The van der Waals surface area contributed by atoms with Crippen LogP contribution in [0.25, 0.3) is 0 Å². The van der Waals surface area contributed by atoms with Gasteiger partial charge in [-0.1, -0.05) is 18.2 Å². The van der Waals surface area contributed by atoms with Crippen molar-refractivity contribution in [2.75, 3.05) is 28.6 Å². The minimum absolute atomic E-state index is 0.101. The Labute approximate surface area is 168 Å². The molecule has 1 amide bonds. The summed E-state index contributed by atoms with van der Waals surface area (Å²) in [5.74, 6) is -0.815. The third-order valence-electron chi connectivity index (χ3n) is 3.91. The molecule has 1 aromatic carbocycles. The van der Waals surface area contributed by atoms with Crippen molar-refractivity contribution in [3.63, 3.8) is 0 Å². The average Bonchev–Trinajstić information content (AvgIpc) is 3.06. The molecule has 0 saturated carbocycles. The van der Waals surface area contributed by atoms with Crippen LogP contribution in [0.15, 0.2) is 29.6 Å². The van der Waals surface area contributed by atoms with Crippen LogP contribution in [0.3, 0.4) is 0 Å². The van der Waals surface area contributed by atoms with E-state index in [1.807, 2.05) is 6.92 Å². The van der Waals surface area contributed by atoms with Crippen LogP contribution in [-0.2, 0) is 31.0 Å². The van der Waals surface area contributed by atoms with Gasteiger partial charge in [0, 0.05) is 18.8 Å². The third-order valence-corrected chi connectivity index (χ3v) is 5.94. The molecule has 0 fully saturated rings. The van der Waals surface area contributed by atoms with Crippen LogP contribution in [0.1, 0.15) is 25.1 Å². The number of nitrogens with zero attached hydrogens (tertiary/aromatic N) is 3. The van der Waals surface area contributed by atoms with E-state index in [2.05, 4.69) is 4.98 Å². The monoisotopic (exact) mass is 425 g/mol. The lowest BCUT2D eigenvalue weighted by molar-refractivity contribution is -0.143. The smallest absolute Gasteiger partial charge is 0.327 e. The zero-order valence-electron chi connectivity index (χ0n) is 16.2. The number of rotatable bonds is 8. The van der Waals surface area contributed by atoms with Crippen LogP contribution in [-0.4, -0.2) is 44.6 Å². The van der Waals surface area contributed by atoms with E-state index in [-0.39, 0.29) is 12.5 Å². The second kappa shape index (κ2) is 9.16. The molecule has 10 heteroatoms. The van der Waals surface area contributed by atoms with Crippen molar-refractivity contribution in [2.45, 2.75) is 27.4 Å². The van der Waals surface area contributed by atoms with Gasteiger partial charge in [0.25, 0.3) is 0 Å². The van der Waals surface area contributed by atoms with Crippen molar-refractivity contribution in [3.05, 3.63) is 40.9 Å². The molecule has 0 saturated heterocycles. The van der Waals surface area contributed by atoms with Crippen LogP contribution in [0.5, 0.6) is 0 Å². The molecule has 0 aliphatic heterocycles. The topological polar surface area (TPSA) is 96.9 Å². The van der Waals surface area contributed by atoms with E-state index in [1.165, 1.54) is 23.2 Å². The molecule has 152 valence electrons. The van der Waals surface area contributed by atoms with E-state index in [9.17, 15) is 18.0 Å². The molecule has 0 aliphatic rings. The van der Waals surface area contributed by atoms with E-state index in [0.717, 1.165) is 16.1 Å². The van der Waals surface area contributed by atoms with Gasteiger partial charge in [0.15, 0.2) is 5.13 Å². The Morgan fingerprint density at radius 1 is 1.25 bits per heavy atom. The first-order valence-corrected chi connectivity index (χ1v) is 11.3. The SMILES string of the molecule is CCN(C(C)=O)c1nc(COC(=O)CN(c2ccccc2C)S(C)(=O)=O)cs1. The number of carbonyl (C=O) groups excluding carboxylic acids is 2. The van der Waals surface area contributed by atoms with Gasteiger partial charge in [0.05, 0.1) is 17.6 Å². The van der Waals surface area contributed by atoms with E-state index in [4.69, 9.17) is 4.74 Å². The van der Waals surface area contributed by atoms with Crippen molar-refractivity contribution in [3.8, 4) is 0 Å². The van der Waals surface area contributed by atoms with Gasteiger partial charge in [-0.2, -0.15) is 0 Å². The van der Waals surface area contributed by atoms with Gasteiger partial charge in [-0.15, -0.1) is 11.3 Å². The predicted octanol–water partition coefficient (Wildman–Crippen LogP) is 2.33. The number of hydrogen-bond donors (Lipinski definition) is 0. The standard InChI is InChI=1S/C18H23N3O5S2/c1-5-20(14(3)22)18-19-15(12-27-18)11-26-17(23)10-21(28(4,24)25)16-9-7-6-8-13(16)2/h6-9,12H,5,10-11H2,1-4H3. The molecule has 28 heavy (non-hydrogen) atoms. The van der Waals surface area contributed by atoms with Crippen LogP contribution in [0, 0.1) is 6.92 Å². The number of ether oxygens (including phenoxy) is 1. The minimum Gasteiger partial charge on any atom is -0.458 e. The lowest BCUT2D eigenvalue weighted by Crippen LogP contribution is -2.36. The predicted molar refractivity (Wildman–Crippen MR) is 109 cm³/mol. The Balaban J connectivity index is 2.06. The molecule has 8 nitrogen and oxygen atoms in total. The Bertz CT molecular complexity index is 956. The maximum atomic E-state index is 12.2. The molecule has 1 aromatic heterocycles. The summed E-state index contributed by atoms with van der Waals surface area (Å²) in [5.41, 5.74) is 1.65. The van der Waals surface area contributed by atoms with Crippen molar-refractivity contribution in [1.29, 1.82) is 0 Å². The summed E-state index contributed by atoms with van der Waals surface area (Å²) in [7, 11) is -3.66. The molecule has 0 radical (unpaired) electrons. The normalized spacial score (nSPS) is 11.1. The Kier molecular flexibility index (Phi) is 7.14. The van der Waals surface area contributed by atoms with Crippen LogP contribution in [0.2, 0.25) is 0 Å². The summed E-state index contributed by atoms with van der Waals surface area (Å²) in [6.45, 7) is 5.02. The number of para-hydroxylation sites is 1. The van der Waals surface area contributed by atoms with Gasteiger partial charge in [-0.25, -0.2) is 13.4 Å². The number of amides is 1. The number of thiazole rings is 1. The maximum Gasteiger partial charge on any atom is 0.327 e. The maximum absolute atomic E-state index is 12.2. The van der Waals surface area contributed by atoms with E-state index >= 15 is 0 Å². The number of sulfonamides is 1. The van der Waals surface area contributed by atoms with Crippen LogP contribution in [0.4, 0.5) is 10.8 Å². The van der Waals surface area contributed by atoms with Gasteiger partial charge >= 0.3 is 5.97 Å². The molecule has 0 N–H and O–H groups in total. The number of hydrogen-bond acceptors (Lipinski definition) is 7. The second-order valence-electron chi connectivity index (χ2n) is 6.10. The van der Waals surface area contributed by atoms with Gasteiger partial charge in [0.2, 0.25) is 15.9 Å². The second-order valence-corrected chi connectivity index (χ2v) is 8.84. The Hall–Kier alpha value is -2.46. The van der Waals surface area contributed by atoms with Gasteiger partial charge in [0.1, 0.15) is 13.2 Å². The summed E-state index contributed by atoms with van der Waals surface area (Å²) in [6, 6.07) is 6.90. The molecule has 0 atom stereocenters. The lowest BCUT2D eigenvalue weighted by atomic mass is 10.2. The zero-order chi connectivity index (χ0) is 20.9. The molecule has 0 unspecified atom stereocenters. The average molecular weight is 426 g/mol. The van der Waals surface area contributed by atoms with Gasteiger partial charge in [-0.05, 0) is 25.5 Å². The largest absolute Gasteiger partial charge is 0.458 e. The number of carbonyl (C=O) groups is 2. The zero-order valence-corrected chi connectivity index (χ0v) is 17.8. The highest BCUT2D eigenvalue weighted by Gasteiger charge is 2.23. The Morgan fingerprint density at radius 3 is 2.50 bits per heavy atom. The van der Waals surface area contributed by atoms with Crippen LogP contribution >= 0.6 is 11.3 Å². The fraction of sp³-hybridized carbons (Fsp3) is 0.389. The quantitative estimate of drug-likeness (QED) is 0.602. The summed E-state index contributed by atoms with van der Waals surface area (Å²) in [4.78, 5) is 29.6. The van der Waals surface area contributed by atoms with E-state index < -0.39 is 22.5 Å². The number of aromatic nitrogens is 1. The van der Waals surface area contributed by atoms with E-state index in [1.54, 1.807) is 36.6 Å². The van der Waals surface area contributed by atoms with Gasteiger partial charge < -0.3 is 4.74 Å². The first-order chi connectivity index (χ1) is 13.1. The highest BCUT2D eigenvalue weighted by molar-refractivity contribution is 7.92. The molecule has 0 aliphatic carbocycles. The third kappa shape index (κ3) is 5.52. The minimum atomic E-state index is -3.66. The number of aryl methyl sites for hydroxylation is 1.